The van der Waals surface area contributed by atoms with E-state index in [-0.39, 0.29) is 19.1 Å². The standard InChI is InChI=1S/C23H31N5O4/c1-18-4-2-5-19(14-18)17-25-27-21-15-20(28-8-12-31-13-9-28)16-23(26-21)32-11-3-6-22(30)24-7-10-29/h2,4-5,14-17,29H,3,6-13H2,1H3,(H,24,30)(H,26,27)/b25-17+. The van der Waals surface area contributed by atoms with E-state index in [1.165, 1.54) is 5.56 Å². The molecule has 172 valence electrons. The smallest absolute Gasteiger partial charge is 0.220 e. The molecule has 0 radical (unpaired) electrons. The molecule has 1 amide bonds. The summed E-state index contributed by atoms with van der Waals surface area (Å²) in [5.74, 6) is 0.942. The molecule has 1 saturated heterocycles. The average Bonchev–Trinajstić information content (AvgIpc) is 2.81. The zero-order valence-corrected chi connectivity index (χ0v) is 18.4. The van der Waals surface area contributed by atoms with Gasteiger partial charge < -0.3 is 24.8 Å². The highest BCUT2D eigenvalue weighted by atomic mass is 16.5. The van der Waals surface area contributed by atoms with E-state index in [1.54, 1.807) is 6.21 Å². The van der Waals surface area contributed by atoms with Gasteiger partial charge in [-0.05, 0) is 18.9 Å². The van der Waals surface area contributed by atoms with Crippen molar-refractivity contribution in [3.8, 4) is 5.88 Å². The quantitative estimate of drug-likeness (QED) is 0.278. The van der Waals surface area contributed by atoms with Gasteiger partial charge in [0.05, 0.1) is 32.6 Å². The Kier molecular flexibility index (Phi) is 9.27. The Morgan fingerprint density at radius 1 is 1.31 bits per heavy atom. The molecular formula is C23H31N5O4. The van der Waals surface area contributed by atoms with Gasteiger partial charge in [-0.25, -0.2) is 0 Å². The Morgan fingerprint density at radius 3 is 2.94 bits per heavy atom. The van der Waals surface area contributed by atoms with E-state index in [2.05, 4.69) is 25.7 Å². The van der Waals surface area contributed by atoms with Crippen LogP contribution in [0.3, 0.4) is 0 Å². The molecule has 1 aromatic carbocycles. The number of hydrogen-bond acceptors (Lipinski definition) is 8. The number of aryl methyl sites for hydroxylation is 1. The fraction of sp³-hybridized carbons (Fsp3) is 0.435. The first-order chi connectivity index (χ1) is 15.6. The van der Waals surface area contributed by atoms with Gasteiger partial charge in [-0.1, -0.05) is 29.8 Å². The van der Waals surface area contributed by atoms with Gasteiger partial charge >= 0.3 is 0 Å². The van der Waals surface area contributed by atoms with E-state index in [4.69, 9.17) is 14.6 Å². The maximum atomic E-state index is 11.6. The minimum atomic E-state index is -0.106. The molecule has 3 rings (SSSR count). The monoisotopic (exact) mass is 441 g/mol. The predicted octanol–water partition coefficient (Wildman–Crippen LogP) is 1.94. The minimum absolute atomic E-state index is 0.0668. The summed E-state index contributed by atoms with van der Waals surface area (Å²) in [7, 11) is 0. The van der Waals surface area contributed by atoms with Gasteiger partial charge in [0.1, 0.15) is 0 Å². The van der Waals surface area contributed by atoms with Gasteiger partial charge in [-0.3, -0.25) is 10.2 Å². The van der Waals surface area contributed by atoms with Crippen LogP contribution >= 0.6 is 0 Å². The number of benzene rings is 1. The van der Waals surface area contributed by atoms with Crippen molar-refractivity contribution in [3.63, 3.8) is 0 Å². The number of morpholine rings is 1. The third-order valence-corrected chi connectivity index (χ3v) is 4.83. The van der Waals surface area contributed by atoms with Crippen LogP contribution in [-0.2, 0) is 9.53 Å². The third kappa shape index (κ3) is 7.82. The Balaban J connectivity index is 1.63. The Morgan fingerprint density at radius 2 is 2.16 bits per heavy atom. The second-order valence-corrected chi connectivity index (χ2v) is 7.46. The Hall–Kier alpha value is -3.17. The molecule has 0 atom stereocenters. The van der Waals surface area contributed by atoms with Crippen molar-refractivity contribution in [2.24, 2.45) is 5.10 Å². The van der Waals surface area contributed by atoms with Crippen molar-refractivity contribution in [3.05, 3.63) is 47.5 Å². The molecule has 0 bridgehead atoms. The summed E-state index contributed by atoms with van der Waals surface area (Å²) in [4.78, 5) is 18.4. The molecule has 32 heavy (non-hydrogen) atoms. The van der Waals surface area contributed by atoms with E-state index >= 15 is 0 Å². The van der Waals surface area contributed by atoms with Gasteiger partial charge in [-0.15, -0.1) is 0 Å². The van der Waals surface area contributed by atoms with Crippen LogP contribution in [0.1, 0.15) is 24.0 Å². The van der Waals surface area contributed by atoms with Gasteiger partial charge in [0, 0.05) is 43.9 Å². The minimum Gasteiger partial charge on any atom is -0.478 e. The summed E-state index contributed by atoms with van der Waals surface area (Å²) in [6.45, 7) is 5.53. The lowest BCUT2D eigenvalue weighted by Gasteiger charge is -2.29. The van der Waals surface area contributed by atoms with Crippen LogP contribution in [-0.4, -0.2) is 68.3 Å². The molecule has 1 aliphatic rings. The van der Waals surface area contributed by atoms with E-state index in [9.17, 15) is 4.79 Å². The molecule has 0 saturated carbocycles. The Labute approximate surface area is 188 Å². The van der Waals surface area contributed by atoms with Crippen LogP contribution < -0.4 is 20.4 Å². The van der Waals surface area contributed by atoms with Crippen LogP contribution in [0.4, 0.5) is 11.5 Å². The first kappa shape index (κ1) is 23.5. The molecule has 0 unspecified atom stereocenters. The van der Waals surface area contributed by atoms with Crippen LogP contribution in [0.5, 0.6) is 5.88 Å². The number of nitrogens with one attached hydrogen (secondary N) is 2. The van der Waals surface area contributed by atoms with Crippen LogP contribution in [0, 0.1) is 6.92 Å². The van der Waals surface area contributed by atoms with Gasteiger partial charge in [0.15, 0.2) is 5.82 Å². The first-order valence-corrected chi connectivity index (χ1v) is 10.8. The number of nitrogens with zero attached hydrogens (tertiary/aromatic N) is 3. The van der Waals surface area contributed by atoms with Crippen molar-refractivity contribution in [1.82, 2.24) is 10.3 Å². The number of rotatable bonds is 11. The summed E-state index contributed by atoms with van der Waals surface area (Å²) in [6.07, 6.45) is 2.63. The molecule has 1 fully saturated rings. The summed E-state index contributed by atoms with van der Waals surface area (Å²) >= 11 is 0. The topological polar surface area (TPSA) is 108 Å². The van der Waals surface area contributed by atoms with E-state index < -0.39 is 0 Å². The number of hydrazone groups is 1. The van der Waals surface area contributed by atoms with Crippen molar-refractivity contribution in [2.75, 3.05) is 56.4 Å². The first-order valence-electron chi connectivity index (χ1n) is 10.8. The fourth-order valence-electron chi connectivity index (χ4n) is 3.24. The summed E-state index contributed by atoms with van der Waals surface area (Å²) in [5.41, 5.74) is 6.14. The maximum Gasteiger partial charge on any atom is 0.220 e. The third-order valence-electron chi connectivity index (χ3n) is 4.83. The molecule has 1 aliphatic heterocycles. The summed E-state index contributed by atoms with van der Waals surface area (Å²) in [6, 6.07) is 11.9. The highest BCUT2D eigenvalue weighted by Gasteiger charge is 2.14. The van der Waals surface area contributed by atoms with Crippen LogP contribution in [0.2, 0.25) is 0 Å². The molecule has 0 aliphatic carbocycles. The molecule has 3 N–H and O–H groups in total. The molecule has 2 aromatic rings. The molecule has 0 spiro atoms. The maximum absolute atomic E-state index is 11.6. The number of ether oxygens (including phenoxy) is 2. The number of anilines is 2. The van der Waals surface area contributed by atoms with Gasteiger partial charge in [0.25, 0.3) is 0 Å². The zero-order valence-electron chi connectivity index (χ0n) is 18.4. The number of amides is 1. The number of pyridine rings is 1. The summed E-state index contributed by atoms with van der Waals surface area (Å²) < 4.78 is 11.3. The number of carbonyl (C=O) groups is 1. The lowest BCUT2D eigenvalue weighted by molar-refractivity contribution is -0.121. The molecular weight excluding hydrogens is 410 g/mol. The second kappa shape index (κ2) is 12.6. The zero-order chi connectivity index (χ0) is 22.6. The van der Waals surface area contributed by atoms with Crippen LogP contribution in [0.25, 0.3) is 0 Å². The lowest BCUT2D eigenvalue weighted by atomic mass is 10.2. The normalized spacial score (nSPS) is 13.9. The summed E-state index contributed by atoms with van der Waals surface area (Å²) in [5, 5.41) is 15.7. The number of hydrogen-bond donors (Lipinski definition) is 3. The number of aromatic nitrogens is 1. The average molecular weight is 442 g/mol. The largest absolute Gasteiger partial charge is 0.478 e. The number of aliphatic hydroxyl groups excluding tert-OH is 1. The van der Waals surface area contributed by atoms with Gasteiger partial charge in [-0.2, -0.15) is 10.1 Å². The fourth-order valence-corrected chi connectivity index (χ4v) is 3.24. The SMILES string of the molecule is Cc1cccc(/C=N/Nc2cc(N3CCOCC3)cc(OCCCC(=O)NCCO)n2)c1. The number of carbonyl (C=O) groups excluding carboxylic acids is 1. The molecule has 2 heterocycles. The predicted molar refractivity (Wildman–Crippen MR) is 124 cm³/mol. The second-order valence-electron chi connectivity index (χ2n) is 7.46. The van der Waals surface area contributed by atoms with E-state index in [1.807, 2.05) is 43.3 Å². The van der Waals surface area contributed by atoms with E-state index in [0.29, 0.717) is 44.4 Å². The van der Waals surface area contributed by atoms with E-state index in [0.717, 1.165) is 24.3 Å². The Bertz CT molecular complexity index is 900. The van der Waals surface area contributed by atoms with Crippen LogP contribution in [0.15, 0.2) is 41.5 Å². The van der Waals surface area contributed by atoms with Crippen molar-refractivity contribution in [1.29, 1.82) is 0 Å². The molecule has 9 heteroatoms. The molecule has 1 aromatic heterocycles. The van der Waals surface area contributed by atoms with Crippen molar-refractivity contribution < 1.29 is 19.4 Å². The highest BCUT2D eigenvalue weighted by molar-refractivity contribution is 5.80. The molecule has 9 nitrogen and oxygen atoms in total. The van der Waals surface area contributed by atoms with Gasteiger partial charge in [0.2, 0.25) is 11.8 Å². The number of aliphatic hydroxyl groups is 1. The lowest BCUT2D eigenvalue weighted by Crippen LogP contribution is -2.36. The van der Waals surface area contributed by atoms with Crippen molar-refractivity contribution >= 4 is 23.6 Å². The highest BCUT2D eigenvalue weighted by Crippen LogP contribution is 2.25. The van der Waals surface area contributed by atoms with Crippen molar-refractivity contribution in [2.45, 2.75) is 19.8 Å².